The Hall–Kier alpha value is -2.54. The minimum Gasteiger partial charge on any atom is -0.388 e. The summed E-state index contributed by atoms with van der Waals surface area (Å²) in [5.41, 5.74) is 5.38. The van der Waals surface area contributed by atoms with Crippen LogP contribution in [0.5, 0.6) is 0 Å². The van der Waals surface area contributed by atoms with Crippen LogP contribution < -0.4 is 5.32 Å². The molecule has 1 saturated heterocycles. The van der Waals surface area contributed by atoms with Gasteiger partial charge in [-0.1, -0.05) is 72.8 Å². The monoisotopic (exact) mass is 299 g/mol. The van der Waals surface area contributed by atoms with Crippen LogP contribution in [0.3, 0.4) is 0 Å². The lowest BCUT2D eigenvalue weighted by atomic mass is 9.89. The smallest absolute Gasteiger partial charge is 0.0192 e. The van der Waals surface area contributed by atoms with Crippen LogP contribution in [0.1, 0.15) is 30.4 Å². The van der Waals surface area contributed by atoms with Crippen molar-refractivity contribution in [3.8, 4) is 0 Å². The zero-order valence-electron chi connectivity index (χ0n) is 13.3. The highest BCUT2D eigenvalue weighted by molar-refractivity contribution is 5.98. The molecular formula is C22H21N. The van der Waals surface area contributed by atoms with Crippen molar-refractivity contribution in [3.05, 3.63) is 89.6 Å². The molecule has 1 fully saturated rings. The number of fused-ring (bicyclic) bond motifs is 1. The summed E-state index contributed by atoms with van der Waals surface area (Å²) in [7, 11) is 0. The first kappa shape index (κ1) is 14.1. The van der Waals surface area contributed by atoms with Crippen molar-refractivity contribution in [1.29, 1.82) is 0 Å². The molecule has 0 aromatic heterocycles. The average molecular weight is 299 g/mol. The molecule has 3 aromatic carbocycles. The van der Waals surface area contributed by atoms with Gasteiger partial charge >= 0.3 is 0 Å². The van der Waals surface area contributed by atoms with Gasteiger partial charge in [-0.15, -0.1) is 0 Å². The number of hydrogen-bond acceptors (Lipinski definition) is 1. The van der Waals surface area contributed by atoms with Crippen molar-refractivity contribution in [2.45, 2.75) is 19.3 Å². The molecule has 1 heterocycles. The lowest BCUT2D eigenvalue weighted by Crippen LogP contribution is -2.21. The fourth-order valence-corrected chi connectivity index (χ4v) is 3.51. The van der Waals surface area contributed by atoms with Crippen molar-refractivity contribution in [1.82, 2.24) is 5.32 Å². The Morgan fingerprint density at radius 2 is 1.52 bits per heavy atom. The van der Waals surface area contributed by atoms with Gasteiger partial charge in [0.15, 0.2) is 0 Å². The second-order valence-corrected chi connectivity index (χ2v) is 6.13. The van der Waals surface area contributed by atoms with E-state index in [1.54, 1.807) is 0 Å². The Balaban J connectivity index is 1.98. The largest absolute Gasteiger partial charge is 0.388 e. The minimum absolute atomic E-state index is 1.08. The SMILES string of the molecule is c1ccc(C(=C2CCCCN2)c2cccc3ccccc23)cc1. The summed E-state index contributed by atoms with van der Waals surface area (Å²) in [6.45, 7) is 1.08. The van der Waals surface area contributed by atoms with Crippen LogP contribution >= 0.6 is 0 Å². The highest BCUT2D eigenvalue weighted by Crippen LogP contribution is 2.33. The zero-order chi connectivity index (χ0) is 15.5. The number of rotatable bonds is 2. The van der Waals surface area contributed by atoms with Crippen molar-refractivity contribution >= 4 is 16.3 Å². The number of piperidine rings is 1. The van der Waals surface area contributed by atoms with E-state index in [0.29, 0.717) is 0 Å². The van der Waals surface area contributed by atoms with Gasteiger partial charge in [0.25, 0.3) is 0 Å². The Morgan fingerprint density at radius 3 is 2.35 bits per heavy atom. The summed E-state index contributed by atoms with van der Waals surface area (Å²) in [6.07, 6.45) is 3.66. The molecule has 1 heteroatoms. The van der Waals surface area contributed by atoms with Crippen LogP contribution in [0.4, 0.5) is 0 Å². The van der Waals surface area contributed by atoms with E-state index in [9.17, 15) is 0 Å². The van der Waals surface area contributed by atoms with Crippen molar-refractivity contribution in [2.75, 3.05) is 6.54 Å². The molecule has 0 atom stereocenters. The van der Waals surface area contributed by atoms with E-state index in [0.717, 1.165) is 13.0 Å². The minimum atomic E-state index is 1.08. The molecule has 4 rings (SSSR count). The van der Waals surface area contributed by atoms with Gasteiger partial charge in [0.05, 0.1) is 0 Å². The number of hydrogen-bond donors (Lipinski definition) is 1. The third kappa shape index (κ3) is 2.75. The summed E-state index contributed by atoms with van der Waals surface area (Å²) < 4.78 is 0. The Kier molecular flexibility index (Phi) is 3.85. The first-order valence-electron chi connectivity index (χ1n) is 8.44. The van der Waals surface area contributed by atoms with E-state index in [1.165, 1.54) is 46.0 Å². The molecule has 3 aromatic rings. The third-order valence-electron chi connectivity index (χ3n) is 4.62. The van der Waals surface area contributed by atoms with E-state index in [2.05, 4.69) is 78.1 Å². The predicted octanol–water partition coefficient (Wildman–Crippen LogP) is 5.37. The quantitative estimate of drug-likeness (QED) is 0.670. The molecule has 114 valence electrons. The Bertz CT molecular complexity index is 833. The van der Waals surface area contributed by atoms with Gasteiger partial charge < -0.3 is 5.32 Å². The maximum Gasteiger partial charge on any atom is 0.0192 e. The van der Waals surface area contributed by atoms with Crippen LogP contribution in [0.2, 0.25) is 0 Å². The Labute approximate surface area is 137 Å². The second-order valence-electron chi connectivity index (χ2n) is 6.13. The predicted molar refractivity (Wildman–Crippen MR) is 98.3 cm³/mol. The maximum absolute atomic E-state index is 3.66. The molecule has 0 saturated carbocycles. The summed E-state index contributed by atoms with van der Waals surface area (Å²) >= 11 is 0. The molecule has 1 aliphatic rings. The van der Waals surface area contributed by atoms with Gasteiger partial charge in [0.1, 0.15) is 0 Å². The van der Waals surface area contributed by atoms with E-state index < -0.39 is 0 Å². The van der Waals surface area contributed by atoms with Crippen LogP contribution in [0.15, 0.2) is 78.5 Å². The molecule has 0 aliphatic carbocycles. The average Bonchev–Trinajstić information content (AvgIpc) is 2.64. The highest BCUT2D eigenvalue weighted by Gasteiger charge is 2.16. The summed E-state index contributed by atoms with van der Waals surface area (Å²) in [4.78, 5) is 0. The third-order valence-corrected chi connectivity index (χ3v) is 4.62. The van der Waals surface area contributed by atoms with Gasteiger partial charge in [-0.3, -0.25) is 0 Å². The molecule has 0 bridgehead atoms. The highest BCUT2D eigenvalue weighted by atomic mass is 14.9. The topological polar surface area (TPSA) is 12.0 Å². The first-order valence-corrected chi connectivity index (χ1v) is 8.44. The van der Waals surface area contributed by atoms with Crippen molar-refractivity contribution in [2.24, 2.45) is 0 Å². The standard InChI is InChI=1S/C22H21N/c1-2-10-18(11-3-1)22(21-15-6-7-16-23-21)20-14-8-12-17-9-4-5-13-19(17)20/h1-5,8-14,23H,6-7,15-16H2. The van der Waals surface area contributed by atoms with Crippen LogP contribution in [-0.2, 0) is 0 Å². The lowest BCUT2D eigenvalue weighted by Gasteiger charge is -2.23. The first-order chi connectivity index (χ1) is 11.4. The van der Waals surface area contributed by atoms with Crippen LogP contribution in [0.25, 0.3) is 16.3 Å². The normalized spacial score (nSPS) is 16.9. The van der Waals surface area contributed by atoms with E-state index in [-0.39, 0.29) is 0 Å². The molecule has 1 aliphatic heterocycles. The summed E-state index contributed by atoms with van der Waals surface area (Å²) in [6, 6.07) is 26.1. The van der Waals surface area contributed by atoms with Crippen LogP contribution in [0, 0.1) is 0 Å². The fourth-order valence-electron chi connectivity index (χ4n) is 3.51. The zero-order valence-corrected chi connectivity index (χ0v) is 13.3. The van der Waals surface area contributed by atoms with E-state index in [1.807, 2.05) is 0 Å². The summed E-state index contributed by atoms with van der Waals surface area (Å²) in [5.74, 6) is 0. The fraction of sp³-hybridized carbons (Fsp3) is 0.182. The van der Waals surface area contributed by atoms with E-state index in [4.69, 9.17) is 0 Å². The van der Waals surface area contributed by atoms with Gasteiger partial charge in [0.2, 0.25) is 0 Å². The summed E-state index contributed by atoms with van der Waals surface area (Å²) in [5, 5.41) is 6.29. The lowest BCUT2D eigenvalue weighted by molar-refractivity contribution is 0.590. The van der Waals surface area contributed by atoms with Crippen molar-refractivity contribution in [3.63, 3.8) is 0 Å². The van der Waals surface area contributed by atoms with Gasteiger partial charge in [0, 0.05) is 17.8 Å². The van der Waals surface area contributed by atoms with Gasteiger partial charge in [-0.05, 0) is 41.2 Å². The molecule has 1 N–H and O–H groups in total. The van der Waals surface area contributed by atoms with Crippen LogP contribution in [-0.4, -0.2) is 6.54 Å². The maximum atomic E-state index is 3.66. The molecule has 0 unspecified atom stereocenters. The molecule has 23 heavy (non-hydrogen) atoms. The number of allylic oxidation sites excluding steroid dienone is 1. The van der Waals surface area contributed by atoms with E-state index >= 15 is 0 Å². The molecule has 0 amide bonds. The van der Waals surface area contributed by atoms with Gasteiger partial charge in [-0.2, -0.15) is 0 Å². The second kappa shape index (κ2) is 6.29. The number of nitrogens with one attached hydrogen (secondary N) is 1. The van der Waals surface area contributed by atoms with Gasteiger partial charge in [-0.25, -0.2) is 0 Å². The molecule has 0 radical (unpaired) electrons. The molecular weight excluding hydrogens is 278 g/mol. The molecule has 1 nitrogen and oxygen atoms in total. The van der Waals surface area contributed by atoms with Crippen molar-refractivity contribution < 1.29 is 0 Å². The molecule has 0 spiro atoms. The Morgan fingerprint density at radius 1 is 0.739 bits per heavy atom. The number of benzene rings is 3.